The van der Waals surface area contributed by atoms with E-state index >= 15 is 0 Å². The van der Waals surface area contributed by atoms with Crippen LogP contribution in [-0.4, -0.2) is 65.8 Å². The van der Waals surface area contributed by atoms with E-state index < -0.39 is 60.7 Å². The van der Waals surface area contributed by atoms with Crippen LogP contribution in [0.3, 0.4) is 0 Å². The fraction of sp³-hybridized carbons (Fsp3) is 0.267. The van der Waals surface area contributed by atoms with Gasteiger partial charge < -0.3 is 28.8 Å². The molecule has 1 aliphatic rings. The number of carbonyl (C=O) groups is 4. The van der Waals surface area contributed by atoms with E-state index in [9.17, 15) is 24.3 Å². The molecule has 4 rings (SSSR count). The minimum atomic E-state index is -1.87. The minimum Gasteiger partial charge on any atom is -0.459 e. The first-order valence-electron chi connectivity index (χ1n) is 12.5. The van der Waals surface area contributed by atoms with Gasteiger partial charge in [0.2, 0.25) is 0 Å². The van der Waals surface area contributed by atoms with Crippen LogP contribution in [0, 0.1) is 0 Å². The maximum Gasteiger partial charge on any atom is 0.338 e. The van der Waals surface area contributed by atoms with Crippen molar-refractivity contribution in [2.75, 3.05) is 6.61 Å². The van der Waals surface area contributed by atoms with Crippen LogP contribution in [0.25, 0.3) is 0 Å². The highest BCUT2D eigenvalue weighted by Crippen LogP contribution is 2.37. The molecule has 0 spiro atoms. The van der Waals surface area contributed by atoms with Crippen molar-refractivity contribution in [3.8, 4) is 0 Å². The summed E-state index contributed by atoms with van der Waals surface area (Å²) in [5.74, 6) is -3.15. The molecule has 1 unspecified atom stereocenters. The first kappa shape index (κ1) is 28.5. The van der Waals surface area contributed by atoms with Crippen molar-refractivity contribution in [2.24, 2.45) is 0 Å². The summed E-state index contributed by atoms with van der Waals surface area (Å²) in [7, 11) is 0. The number of ether oxygens (including phenoxy) is 5. The lowest BCUT2D eigenvalue weighted by atomic mass is 9.85. The van der Waals surface area contributed by atoms with E-state index in [1.807, 2.05) is 0 Å². The van der Waals surface area contributed by atoms with Crippen molar-refractivity contribution in [3.05, 3.63) is 108 Å². The first-order chi connectivity index (χ1) is 19.2. The number of hydrogen-bond acceptors (Lipinski definition) is 10. The third-order valence-corrected chi connectivity index (χ3v) is 6.32. The summed E-state index contributed by atoms with van der Waals surface area (Å²) in [4.78, 5) is 51.0. The van der Waals surface area contributed by atoms with Gasteiger partial charge in [-0.15, -0.1) is 0 Å². The highest BCUT2D eigenvalue weighted by Gasteiger charge is 2.60. The fourth-order valence-corrected chi connectivity index (χ4v) is 4.31. The zero-order valence-electron chi connectivity index (χ0n) is 21.8. The van der Waals surface area contributed by atoms with Crippen molar-refractivity contribution in [3.63, 3.8) is 0 Å². The minimum absolute atomic E-state index is 0.161. The summed E-state index contributed by atoms with van der Waals surface area (Å²) in [6.45, 7) is 2.02. The summed E-state index contributed by atoms with van der Waals surface area (Å²) < 4.78 is 28.0. The van der Waals surface area contributed by atoms with Crippen LogP contribution < -0.4 is 0 Å². The van der Waals surface area contributed by atoms with Crippen molar-refractivity contribution in [1.29, 1.82) is 0 Å². The molecule has 40 heavy (non-hydrogen) atoms. The Kier molecular flexibility index (Phi) is 8.93. The van der Waals surface area contributed by atoms with Gasteiger partial charge in [0.25, 0.3) is 0 Å². The molecule has 0 saturated carbocycles. The second kappa shape index (κ2) is 12.5. The largest absolute Gasteiger partial charge is 0.459 e. The second-order valence-electron chi connectivity index (χ2n) is 9.19. The number of aliphatic hydroxyl groups is 1. The summed E-state index contributed by atoms with van der Waals surface area (Å²) in [5, 5.41) is 11.0. The average Bonchev–Trinajstić information content (AvgIpc) is 2.96. The Hall–Kier alpha value is -4.54. The predicted octanol–water partition coefficient (Wildman–Crippen LogP) is 3.33. The van der Waals surface area contributed by atoms with Crippen LogP contribution in [0.2, 0.25) is 0 Å². The Balaban J connectivity index is 1.67. The van der Waals surface area contributed by atoms with Gasteiger partial charge in [-0.05, 0) is 43.3 Å². The van der Waals surface area contributed by atoms with Gasteiger partial charge in [0.05, 0.1) is 16.7 Å². The molecule has 1 fully saturated rings. The van der Waals surface area contributed by atoms with Crippen molar-refractivity contribution >= 4 is 23.9 Å². The van der Waals surface area contributed by atoms with E-state index in [-0.39, 0.29) is 16.7 Å². The molecule has 1 aliphatic heterocycles. The lowest BCUT2D eigenvalue weighted by molar-refractivity contribution is -0.316. The number of rotatable bonds is 8. The number of aliphatic hydroxyl groups excluding tert-OH is 1. The predicted molar refractivity (Wildman–Crippen MR) is 139 cm³/mol. The van der Waals surface area contributed by atoms with Crippen molar-refractivity contribution in [2.45, 2.75) is 44.1 Å². The summed E-state index contributed by atoms with van der Waals surface area (Å²) in [5.41, 5.74) is -1.28. The average molecular weight is 549 g/mol. The number of esters is 4. The van der Waals surface area contributed by atoms with E-state index in [1.165, 1.54) is 31.2 Å². The quantitative estimate of drug-likeness (QED) is 0.330. The smallest absolute Gasteiger partial charge is 0.338 e. The highest BCUT2D eigenvalue weighted by molar-refractivity contribution is 5.91. The molecule has 3 aromatic carbocycles. The van der Waals surface area contributed by atoms with E-state index in [2.05, 4.69) is 0 Å². The zero-order valence-corrected chi connectivity index (χ0v) is 21.8. The molecule has 1 heterocycles. The van der Waals surface area contributed by atoms with Gasteiger partial charge in [-0.2, -0.15) is 0 Å². The molecular formula is C30H28O10. The van der Waals surface area contributed by atoms with Crippen LogP contribution in [0.1, 0.15) is 44.9 Å². The van der Waals surface area contributed by atoms with Gasteiger partial charge in [-0.1, -0.05) is 54.6 Å². The fourth-order valence-electron chi connectivity index (χ4n) is 4.31. The lowest BCUT2D eigenvalue weighted by Gasteiger charge is -2.49. The molecule has 10 heteroatoms. The molecule has 1 saturated heterocycles. The van der Waals surface area contributed by atoms with Crippen molar-refractivity contribution in [1.82, 2.24) is 0 Å². The van der Waals surface area contributed by atoms with Crippen LogP contribution in [0.5, 0.6) is 0 Å². The van der Waals surface area contributed by atoms with E-state index in [0.717, 1.165) is 6.92 Å². The number of benzene rings is 3. The van der Waals surface area contributed by atoms with E-state index in [0.29, 0.717) is 0 Å². The number of carbonyl (C=O) groups excluding carboxylic acids is 4. The van der Waals surface area contributed by atoms with Gasteiger partial charge in [0.15, 0.2) is 24.1 Å². The Morgan fingerprint density at radius 3 is 1.68 bits per heavy atom. The Morgan fingerprint density at radius 2 is 1.20 bits per heavy atom. The maximum atomic E-state index is 13.1. The Labute approximate surface area is 230 Å². The third kappa shape index (κ3) is 6.53. The SMILES string of the molecule is CC(=O)O[C@@]1(C)[C@H](OC(=O)c2ccccc2)[C@@H](OC(=O)c2ccccc2)C(O)O[C@@H]1COC(=O)c1ccccc1. The molecule has 208 valence electrons. The van der Waals surface area contributed by atoms with Crippen LogP contribution >= 0.6 is 0 Å². The molecule has 0 amide bonds. The lowest BCUT2D eigenvalue weighted by Crippen LogP contribution is -2.69. The normalized spacial score (nSPS) is 23.9. The van der Waals surface area contributed by atoms with E-state index in [1.54, 1.807) is 66.7 Å². The maximum absolute atomic E-state index is 13.1. The molecule has 0 bridgehead atoms. The highest BCUT2D eigenvalue weighted by atomic mass is 16.7. The molecule has 0 aromatic heterocycles. The van der Waals surface area contributed by atoms with Gasteiger partial charge in [0.1, 0.15) is 12.7 Å². The van der Waals surface area contributed by atoms with Gasteiger partial charge >= 0.3 is 23.9 Å². The van der Waals surface area contributed by atoms with Crippen LogP contribution in [0.15, 0.2) is 91.0 Å². The van der Waals surface area contributed by atoms with Gasteiger partial charge in [-0.3, -0.25) is 4.79 Å². The summed E-state index contributed by atoms with van der Waals surface area (Å²) >= 11 is 0. The molecule has 0 radical (unpaired) electrons. The topological polar surface area (TPSA) is 135 Å². The Bertz CT molecular complexity index is 1330. The molecule has 10 nitrogen and oxygen atoms in total. The second-order valence-corrected chi connectivity index (χ2v) is 9.19. The monoisotopic (exact) mass is 548 g/mol. The van der Waals surface area contributed by atoms with Gasteiger partial charge in [-0.25, -0.2) is 14.4 Å². The van der Waals surface area contributed by atoms with Crippen LogP contribution in [0.4, 0.5) is 0 Å². The third-order valence-electron chi connectivity index (χ3n) is 6.32. The van der Waals surface area contributed by atoms with Crippen LogP contribution in [-0.2, 0) is 28.5 Å². The van der Waals surface area contributed by atoms with Crippen molar-refractivity contribution < 1.29 is 48.0 Å². The molecule has 1 N–H and O–H groups in total. The molecular weight excluding hydrogens is 520 g/mol. The standard InChI is InChI=1S/C30H28O10/c1-19(31)40-30(2)23(18-36-26(32)20-12-6-3-7-13-20)37-29(35)24(38-27(33)21-14-8-4-9-15-21)25(30)39-28(34)22-16-10-5-11-17-22/h3-17,23-25,29,35H,18H2,1-2H3/t23-,24-,25-,29?,30-/m1/s1. The molecule has 3 aromatic rings. The number of hydrogen-bond donors (Lipinski definition) is 1. The zero-order chi connectivity index (χ0) is 28.7. The summed E-state index contributed by atoms with van der Waals surface area (Å²) in [6.07, 6.45) is -6.35. The first-order valence-corrected chi connectivity index (χ1v) is 12.5. The molecule has 5 atom stereocenters. The Morgan fingerprint density at radius 1 is 0.750 bits per heavy atom. The van der Waals surface area contributed by atoms with E-state index in [4.69, 9.17) is 23.7 Å². The molecule has 0 aliphatic carbocycles. The van der Waals surface area contributed by atoms with Gasteiger partial charge in [0, 0.05) is 6.92 Å². The summed E-state index contributed by atoms with van der Waals surface area (Å²) in [6, 6.07) is 24.1.